The van der Waals surface area contributed by atoms with Crippen molar-refractivity contribution in [2.75, 3.05) is 0 Å². The van der Waals surface area contributed by atoms with Gasteiger partial charge >= 0.3 is 0 Å². The molecule has 5 nitrogen and oxygen atoms in total. The van der Waals surface area contributed by atoms with Crippen LogP contribution in [0.25, 0.3) is 0 Å². The molecule has 2 N–H and O–H groups in total. The Labute approximate surface area is 106 Å². The maximum atomic E-state index is 3.97. The third-order valence-corrected chi connectivity index (χ3v) is 3.36. The molecule has 1 atom stereocenters. The second-order valence-corrected chi connectivity index (χ2v) is 4.89. The Morgan fingerprint density at radius 1 is 1.44 bits per heavy atom. The summed E-state index contributed by atoms with van der Waals surface area (Å²) in [5, 5.41) is 17.4. The third kappa shape index (κ3) is 2.56. The van der Waals surface area contributed by atoms with Gasteiger partial charge in [-0.1, -0.05) is 29.5 Å². The van der Waals surface area contributed by atoms with Gasteiger partial charge in [0.25, 0.3) is 0 Å². The third-order valence-electron chi connectivity index (χ3n) is 3.36. The fourth-order valence-electron chi connectivity index (χ4n) is 2.09. The van der Waals surface area contributed by atoms with Gasteiger partial charge in [-0.3, -0.25) is 0 Å². The van der Waals surface area contributed by atoms with Gasteiger partial charge in [-0.15, -0.1) is 10.2 Å². The molecule has 94 valence electrons. The van der Waals surface area contributed by atoms with Crippen LogP contribution >= 0.6 is 0 Å². The number of benzene rings is 1. The first kappa shape index (κ1) is 11.3. The van der Waals surface area contributed by atoms with E-state index in [0.717, 1.165) is 12.5 Å². The van der Waals surface area contributed by atoms with Gasteiger partial charge in [-0.25, -0.2) is 0 Å². The van der Waals surface area contributed by atoms with Crippen LogP contribution in [0.4, 0.5) is 0 Å². The summed E-state index contributed by atoms with van der Waals surface area (Å²) in [5.74, 6) is 1.51. The maximum absolute atomic E-state index is 3.97. The van der Waals surface area contributed by atoms with E-state index in [0.29, 0.717) is 5.82 Å². The second kappa shape index (κ2) is 4.86. The largest absolute Gasteiger partial charge is 0.303 e. The topological polar surface area (TPSA) is 66.5 Å². The van der Waals surface area contributed by atoms with Crippen LogP contribution in [0.3, 0.4) is 0 Å². The van der Waals surface area contributed by atoms with Gasteiger partial charge in [0.15, 0.2) is 5.82 Å². The van der Waals surface area contributed by atoms with Gasteiger partial charge in [0, 0.05) is 6.54 Å². The Kier molecular flexibility index (Phi) is 3.06. The number of aromatic amines is 1. The van der Waals surface area contributed by atoms with Gasteiger partial charge in [0.2, 0.25) is 0 Å². The first-order chi connectivity index (χ1) is 8.83. The highest BCUT2D eigenvalue weighted by molar-refractivity contribution is 5.29. The molecule has 0 bridgehead atoms. The van der Waals surface area contributed by atoms with E-state index in [1.54, 1.807) is 0 Å². The summed E-state index contributed by atoms with van der Waals surface area (Å²) >= 11 is 0. The van der Waals surface area contributed by atoms with Crippen LogP contribution in [0.5, 0.6) is 0 Å². The average molecular weight is 243 g/mol. The molecule has 1 heterocycles. The molecule has 0 spiro atoms. The van der Waals surface area contributed by atoms with Crippen molar-refractivity contribution in [2.45, 2.75) is 38.3 Å². The zero-order chi connectivity index (χ0) is 12.4. The van der Waals surface area contributed by atoms with Crippen LogP contribution in [0.1, 0.15) is 48.7 Å². The van der Waals surface area contributed by atoms with Gasteiger partial charge in [0.1, 0.15) is 0 Å². The Balaban J connectivity index is 1.60. The lowest BCUT2D eigenvalue weighted by molar-refractivity contribution is 0.546. The SMILES string of the molecule is CC(NCc1cccc(C2CC2)c1)c1nn[nH]n1. The highest BCUT2D eigenvalue weighted by Crippen LogP contribution is 2.40. The number of hydrogen-bond donors (Lipinski definition) is 2. The van der Waals surface area contributed by atoms with E-state index in [1.165, 1.54) is 24.0 Å². The molecule has 1 saturated carbocycles. The highest BCUT2D eigenvalue weighted by Gasteiger charge is 2.23. The van der Waals surface area contributed by atoms with Crippen molar-refractivity contribution in [3.05, 3.63) is 41.2 Å². The zero-order valence-electron chi connectivity index (χ0n) is 10.4. The van der Waals surface area contributed by atoms with E-state index in [-0.39, 0.29) is 6.04 Å². The second-order valence-electron chi connectivity index (χ2n) is 4.89. The number of rotatable bonds is 5. The minimum Gasteiger partial charge on any atom is -0.303 e. The number of nitrogens with one attached hydrogen (secondary N) is 2. The molecule has 18 heavy (non-hydrogen) atoms. The normalized spacial score (nSPS) is 16.7. The lowest BCUT2D eigenvalue weighted by Crippen LogP contribution is -2.19. The Morgan fingerprint density at radius 3 is 3.06 bits per heavy atom. The van der Waals surface area contributed by atoms with Crippen molar-refractivity contribution < 1.29 is 0 Å². The van der Waals surface area contributed by atoms with Crippen molar-refractivity contribution >= 4 is 0 Å². The summed E-state index contributed by atoms with van der Waals surface area (Å²) < 4.78 is 0. The summed E-state index contributed by atoms with van der Waals surface area (Å²) in [5.41, 5.74) is 2.79. The first-order valence-corrected chi connectivity index (χ1v) is 6.38. The van der Waals surface area contributed by atoms with Gasteiger partial charge < -0.3 is 5.32 Å². The molecule has 0 radical (unpaired) electrons. The molecule has 1 aliphatic carbocycles. The standard InChI is InChI=1S/C13H17N5/c1-9(13-15-17-18-16-13)14-8-10-3-2-4-12(7-10)11-5-6-11/h2-4,7,9,11,14H,5-6,8H2,1H3,(H,15,16,17,18). The van der Waals surface area contributed by atoms with E-state index in [1.807, 2.05) is 6.92 Å². The molecule has 0 aliphatic heterocycles. The summed E-state index contributed by atoms with van der Waals surface area (Å²) in [4.78, 5) is 0. The molecule has 1 aromatic carbocycles. The average Bonchev–Trinajstić information content (AvgIpc) is 3.11. The smallest absolute Gasteiger partial charge is 0.191 e. The quantitative estimate of drug-likeness (QED) is 0.842. The van der Waals surface area contributed by atoms with Gasteiger partial charge in [-0.05, 0) is 36.8 Å². The van der Waals surface area contributed by atoms with Gasteiger partial charge in [0.05, 0.1) is 6.04 Å². The van der Waals surface area contributed by atoms with Crippen LogP contribution < -0.4 is 5.32 Å². The predicted octanol–water partition coefficient (Wildman–Crippen LogP) is 1.93. The molecule has 1 aliphatic rings. The number of H-pyrrole nitrogens is 1. The number of tetrazole rings is 1. The molecule has 0 amide bonds. The minimum atomic E-state index is 0.105. The molecule has 1 aromatic heterocycles. The molecular formula is C13H17N5. The summed E-state index contributed by atoms with van der Waals surface area (Å²) in [6.45, 7) is 2.87. The molecular weight excluding hydrogens is 226 g/mol. The zero-order valence-corrected chi connectivity index (χ0v) is 10.4. The van der Waals surface area contributed by atoms with Crippen LogP contribution in [-0.2, 0) is 6.54 Å². The predicted molar refractivity (Wildman–Crippen MR) is 67.8 cm³/mol. The molecule has 5 heteroatoms. The molecule has 2 aromatic rings. The Hall–Kier alpha value is -1.75. The monoisotopic (exact) mass is 243 g/mol. The van der Waals surface area contributed by atoms with Crippen molar-refractivity contribution in [1.82, 2.24) is 25.9 Å². The van der Waals surface area contributed by atoms with Crippen LogP contribution in [0.15, 0.2) is 24.3 Å². The van der Waals surface area contributed by atoms with E-state index in [4.69, 9.17) is 0 Å². The van der Waals surface area contributed by atoms with Crippen LogP contribution in [0.2, 0.25) is 0 Å². The number of hydrogen-bond acceptors (Lipinski definition) is 4. The molecule has 1 fully saturated rings. The van der Waals surface area contributed by atoms with Gasteiger partial charge in [-0.2, -0.15) is 5.21 Å². The van der Waals surface area contributed by atoms with Crippen molar-refractivity contribution in [3.63, 3.8) is 0 Å². The summed E-state index contributed by atoms with van der Waals surface area (Å²) in [6.07, 6.45) is 2.69. The Bertz CT molecular complexity index is 504. The maximum Gasteiger partial charge on any atom is 0.191 e. The molecule has 0 saturated heterocycles. The first-order valence-electron chi connectivity index (χ1n) is 6.38. The van der Waals surface area contributed by atoms with Crippen molar-refractivity contribution in [2.24, 2.45) is 0 Å². The van der Waals surface area contributed by atoms with E-state index >= 15 is 0 Å². The summed E-state index contributed by atoms with van der Waals surface area (Å²) in [6, 6.07) is 8.93. The molecule has 1 unspecified atom stereocenters. The Morgan fingerprint density at radius 2 is 2.33 bits per heavy atom. The van der Waals surface area contributed by atoms with Crippen molar-refractivity contribution in [1.29, 1.82) is 0 Å². The minimum absolute atomic E-state index is 0.105. The highest BCUT2D eigenvalue weighted by atomic mass is 15.5. The number of nitrogens with zero attached hydrogens (tertiary/aromatic N) is 3. The van der Waals surface area contributed by atoms with Crippen LogP contribution in [-0.4, -0.2) is 20.6 Å². The van der Waals surface area contributed by atoms with E-state index in [2.05, 4.69) is 50.2 Å². The van der Waals surface area contributed by atoms with Crippen molar-refractivity contribution in [3.8, 4) is 0 Å². The lowest BCUT2D eigenvalue weighted by atomic mass is 10.1. The van der Waals surface area contributed by atoms with E-state index in [9.17, 15) is 0 Å². The lowest BCUT2D eigenvalue weighted by Gasteiger charge is -2.10. The van der Waals surface area contributed by atoms with E-state index < -0.39 is 0 Å². The number of aromatic nitrogens is 4. The summed E-state index contributed by atoms with van der Waals surface area (Å²) in [7, 11) is 0. The molecule has 3 rings (SSSR count). The van der Waals surface area contributed by atoms with Crippen LogP contribution in [0, 0.1) is 0 Å². The fraction of sp³-hybridized carbons (Fsp3) is 0.462. The fourth-order valence-corrected chi connectivity index (χ4v) is 2.09.